The highest BCUT2D eigenvalue weighted by molar-refractivity contribution is 7.89. The van der Waals surface area contributed by atoms with Gasteiger partial charge < -0.3 is 13.7 Å². The van der Waals surface area contributed by atoms with Gasteiger partial charge in [0.1, 0.15) is 0 Å². The third kappa shape index (κ3) is 2.28. The summed E-state index contributed by atoms with van der Waals surface area (Å²) < 4.78 is 40.4. The predicted molar refractivity (Wildman–Crippen MR) is 81.7 cm³/mol. The lowest BCUT2D eigenvalue weighted by atomic mass is 9.77. The van der Waals surface area contributed by atoms with Gasteiger partial charge in [-0.1, -0.05) is 0 Å². The Morgan fingerprint density at radius 2 is 2.21 bits per heavy atom. The van der Waals surface area contributed by atoms with Crippen LogP contribution in [-0.2, 0) is 27.2 Å². The fourth-order valence-corrected chi connectivity index (χ4v) is 5.06. The second kappa shape index (κ2) is 5.36. The van der Waals surface area contributed by atoms with Crippen LogP contribution in [0.5, 0.6) is 0 Å². The van der Waals surface area contributed by atoms with Gasteiger partial charge in [0.05, 0.1) is 17.8 Å². The molecule has 24 heavy (non-hydrogen) atoms. The van der Waals surface area contributed by atoms with E-state index in [4.69, 9.17) is 9.15 Å². The number of ether oxygens (including phenoxy) is 1. The van der Waals surface area contributed by atoms with Crippen molar-refractivity contribution in [1.82, 2.24) is 24.1 Å². The standard InChI is InChI=1S/C14H19N5O4S/c1-10-16-17-13(23-10)14-4-6-22-11(14)3-5-19(8-14)24(20,21)12-7-18(2)9-15-12/h7,9,11H,3-6,8H2,1-2H3/t11-,14-/m1/s1. The zero-order chi connectivity index (χ0) is 16.9. The number of aromatic nitrogens is 4. The van der Waals surface area contributed by atoms with E-state index in [1.54, 1.807) is 18.5 Å². The molecule has 0 bridgehead atoms. The first-order valence-corrected chi connectivity index (χ1v) is 9.26. The Bertz CT molecular complexity index is 860. The normalized spacial score (nSPS) is 28.2. The van der Waals surface area contributed by atoms with Crippen LogP contribution in [-0.4, -0.2) is 58.3 Å². The first-order chi connectivity index (χ1) is 11.4. The summed E-state index contributed by atoms with van der Waals surface area (Å²) in [7, 11) is -1.92. The summed E-state index contributed by atoms with van der Waals surface area (Å²) in [5.41, 5.74) is -0.582. The smallest absolute Gasteiger partial charge is 0.262 e. The molecule has 0 aliphatic carbocycles. The Kier molecular flexibility index (Phi) is 3.52. The highest BCUT2D eigenvalue weighted by Gasteiger charge is 2.54. The van der Waals surface area contributed by atoms with Crippen LogP contribution < -0.4 is 0 Å². The van der Waals surface area contributed by atoms with Gasteiger partial charge in [0.25, 0.3) is 10.0 Å². The Morgan fingerprint density at radius 3 is 2.88 bits per heavy atom. The largest absolute Gasteiger partial charge is 0.425 e. The number of hydrogen-bond acceptors (Lipinski definition) is 7. The number of sulfonamides is 1. The third-order valence-corrected chi connectivity index (χ3v) is 6.55. The summed E-state index contributed by atoms with van der Waals surface area (Å²) >= 11 is 0. The number of aryl methyl sites for hydroxylation is 2. The van der Waals surface area contributed by atoms with Crippen molar-refractivity contribution >= 4 is 10.0 Å². The fraction of sp³-hybridized carbons (Fsp3) is 0.643. The zero-order valence-corrected chi connectivity index (χ0v) is 14.4. The average Bonchev–Trinajstić information content (AvgIpc) is 3.25. The maximum absolute atomic E-state index is 12.9. The molecule has 0 spiro atoms. The van der Waals surface area contributed by atoms with Crippen molar-refractivity contribution in [2.24, 2.45) is 7.05 Å². The second-order valence-corrected chi connectivity index (χ2v) is 8.28. The fourth-order valence-electron chi connectivity index (χ4n) is 3.57. The number of nitrogens with zero attached hydrogens (tertiary/aromatic N) is 5. The van der Waals surface area contributed by atoms with Crippen LogP contribution in [0.25, 0.3) is 0 Å². The van der Waals surface area contributed by atoms with Crippen LogP contribution in [0.3, 0.4) is 0 Å². The van der Waals surface area contributed by atoms with E-state index in [1.165, 1.54) is 16.8 Å². The molecule has 2 saturated heterocycles. The number of imidazole rings is 1. The minimum Gasteiger partial charge on any atom is -0.425 e. The van der Waals surface area contributed by atoms with Gasteiger partial charge in [-0.05, 0) is 12.8 Å². The zero-order valence-electron chi connectivity index (χ0n) is 13.5. The maximum Gasteiger partial charge on any atom is 0.262 e. The predicted octanol–water partition coefficient (Wildman–Crippen LogP) is 0.233. The topological polar surface area (TPSA) is 103 Å². The minimum absolute atomic E-state index is 0.0548. The molecule has 4 rings (SSSR count). The summed E-state index contributed by atoms with van der Waals surface area (Å²) in [5, 5.41) is 8.12. The molecule has 2 aliphatic heterocycles. The van der Waals surface area contributed by atoms with E-state index in [-0.39, 0.29) is 17.7 Å². The lowest BCUT2D eigenvalue weighted by molar-refractivity contribution is 0.0294. The molecule has 0 aromatic carbocycles. The molecule has 0 saturated carbocycles. The van der Waals surface area contributed by atoms with E-state index >= 15 is 0 Å². The Balaban J connectivity index is 1.71. The SMILES string of the molecule is Cc1nnc([C@@]23CCO[C@@H]2CCN(S(=O)(=O)c2cn(C)cn2)C3)o1. The van der Waals surface area contributed by atoms with E-state index in [9.17, 15) is 8.42 Å². The molecule has 2 fully saturated rings. The molecule has 10 heteroatoms. The van der Waals surface area contributed by atoms with Gasteiger partial charge in [0.15, 0.2) is 5.03 Å². The first-order valence-electron chi connectivity index (χ1n) is 7.82. The lowest BCUT2D eigenvalue weighted by Gasteiger charge is -2.40. The van der Waals surface area contributed by atoms with Gasteiger partial charge in [0, 0.05) is 39.9 Å². The van der Waals surface area contributed by atoms with Crippen LogP contribution in [0.2, 0.25) is 0 Å². The van der Waals surface area contributed by atoms with E-state index in [1.807, 2.05) is 0 Å². The van der Waals surface area contributed by atoms with Crippen molar-refractivity contribution in [2.45, 2.75) is 36.3 Å². The summed E-state index contributed by atoms with van der Waals surface area (Å²) in [4.78, 5) is 4.00. The molecular formula is C14H19N5O4S. The molecule has 0 amide bonds. The van der Waals surface area contributed by atoms with Crippen LogP contribution in [0.4, 0.5) is 0 Å². The van der Waals surface area contributed by atoms with Crippen molar-refractivity contribution in [3.05, 3.63) is 24.3 Å². The van der Waals surface area contributed by atoms with Crippen LogP contribution in [0.15, 0.2) is 22.0 Å². The Hall–Kier alpha value is -1.78. The van der Waals surface area contributed by atoms with E-state index in [0.29, 0.717) is 37.8 Å². The van der Waals surface area contributed by atoms with E-state index in [0.717, 1.165) is 0 Å². The molecule has 2 atom stereocenters. The van der Waals surface area contributed by atoms with Crippen molar-refractivity contribution in [3.8, 4) is 0 Å². The highest BCUT2D eigenvalue weighted by Crippen LogP contribution is 2.43. The van der Waals surface area contributed by atoms with Gasteiger partial charge in [-0.2, -0.15) is 4.31 Å². The van der Waals surface area contributed by atoms with Crippen molar-refractivity contribution in [3.63, 3.8) is 0 Å². The van der Waals surface area contributed by atoms with E-state index in [2.05, 4.69) is 15.2 Å². The van der Waals surface area contributed by atoms with Crippen LogP contribution >= 0.6 is 0 Å². The minimum atomic E-state index is -3.66. The number of hydrogen-bond donors (Lipinski definition) is 0. The monoisotopic (exact) mass is 353 g/mol. The van der Waals surface area contributed by atoms with Gasteiger partial charge in [-0.25, -0.2) is 13.4 Å². The van der Waals surface area contributed by atoms with Crippen LogP contribution in [0.1, 0.15) is 24.6 Å². The van der Waals surface area contributed by atoms with Gasteiger partial charge in [-0.3, -0.25) is 0 Å². The molecule has 0 unspecified atom stereocenters. The second-order valence-electron chi connectivity index (χ2n) is 6.40. The molecule has 4 heterocycles. The molecule has 2 aromatic rings. The van der Waals surface area contributed by atoms with Gasteiger partial charge >= 0.3 is 0 Å². The first kappa shape index (κ1) is 15.7. The summed E-state index contributed by atoms with van der Waals surface area (Å²) in [5.74, 6) is 0.929. The molecule has 0 N–H and O–H groups in total. The van der Waals surface area contributed by atoms with Crippen molar-refractivity contribution in [1.29, 1.82) is 0 Å². The average molecular weight is 353 g/mol. The van der Waals surface area contributed by atoms with Gasteiger partial charge in [0.2, 0.25) is 11.8 Å². The molecular weight excluding hydrogens is 334 g/mol. The maximum atomic E-state index is 12.9. The molecule has 130 valence electrons. The lowest BCUT2D eigenvalue weighted by Crippen LogP contribution is -2.54. The van der Waals surface area contributed by atoms with Crippen molar-refractivity contribution < 1.29 is 17.6 Å². The van der Waals surface area contributed by atoms with E-state index < -0.39 is 15.4 Å². The van der Waals surface area contributed by atoms with Gasteiger partial charge in [-0.15, -0.1) is 10.2 Å². The molecule has 9 nitrogen and oxygen atoms in total. The van der Waals surface area contributed by atoms with Crippen LogP contribution in [0, 0.1) is 6.92 Å². The molecule has 0 radical (unpaired) electrons. The third-order valence-electron chi connectivity index (χ3n) is 4.82. The molecule has 2 aromatic heterocycles. The summed E-state index contributed by atoms with van der Waals surface area (Å²) in [6.07, 6.45) is 4.14. The Labute approximate surface area is 139 Å². The summed E-state index contributed by atoms with van der Waals surface area (Å²) in [6, 6.07) is 0. The molecule has 2 aliphatic rings. The summed E-state index contributed by atoms with van der Waals surface area (Å²) in [6.45, 7) is 2.93. The quantitative estimate of drug-likeness (QED) is 0.778. The number of piperidine rings is 1. The number of fused-ring (bicyclic) bond motifs is 1. The highest BCUT2D eigenvalue weighted by atomic mass is 32.2. The Morgan fingerprint density at radius 1 is 1.38 bits per heavy atom. The van der Waals surface area contributed by atoms with Crippen molar-refractivity contribution in [2.75, 3.05) is 19.7 Å². The number of rotatable bonds is 3.